The highest BCUT2D eigenvalue weighted by molar-refractivity contribution is 9.09. The minimum absolute atomic E-state index is 0.117. The van der Waals surface area contributed by atoms with Gasteiger partial charge in [0.25, 0.3) is 0 Å². The summed E-state index contributed by atoms with van der Waals surface area (Å²) < 4.78 is 0. The number of carbonyl (C=O) groups excluding carboxylic acids is 1. The van der Waals surface area contributed by atoms with Crippen molar-refractivity contribution in [1.82, 2.24) is 9.97 Å². The molecule has 0 saturated carbocycles. The molecular formula is C14H13BrN2OS. The highest BCUT2D eigenvalue weighted by Crippen LogP contribution is 2.29. The van der Waals surface area contributed by atoms with Crippen molar-refractivity contribution < 1.29 is 4.79 Å². The number of hydrogen-bond donors (Lipinski definition) is 0. The number of aryl methyl sites for hydroxylation is 2. The largest absolute Gasteiger partial charge is 0.293 e. The van der Waals surface area contributed by atoms with E-state index in [9.17, 15) is 4.79 Å². The van der Waals surface area contributed by atoms with Crippen molar-refractivity contribution in [3.8, 4) is 0 Å². The SMILES string of the molecule is Cc1cc(Sc2cnccn2)cc(C)c1C(=O)CBr. The number of ketones is 1. The predicted octanol–water partition coefficient (Wildman–Crippen LogP) is 3.82. The molecule has 98 valence electrons. The van der Waals surface area contributed by atoms with Crippen molar-refractivity contribution in [3.05, 3.63) is 47.4 Å². The highest BCUT2D eigenvalue weighted by atomic mass is 79.9. The van der Waals surface area contributed by atoms with E-state index in [-0.39, 0.29) is 5.78 Å². The zero-order valence-electron chi connectivity index (χ0n) is 10.7. The van der Waals surface area contributed by atoms with Gasteiger partial charge in [-0.3, -0.25) is 9.78 Å². The maximum absolute atomic E-state index is 11.8. The van der Waals surface area contributed by atoms with Crippen LogP contribution >= 0.6 is 27.7 Å². The van der Waals surface area contributed by atoms with E-state index in [0.717, 1.165) is 26.6 Å². The Morgan fingerprint density at radius 1 is 1.26 bits per heavy atom. The van der Waals surface area contributed by atoms with Crippen LogP contribution < -0.4 is 0 Å². The Labute approximate surface area is 125 Å². The van der Waals surface area contributed by atoms with Crippen LogP contribution in [0.15, 0.2) is 40.6 Å². The van der Waals surface area contributed by atoms with Crippen molar-refractivity contribution in [3.63, 3.8) is 0 Å². The van der Waals surface area contributed by atoms with Crippen LogP contribution in [-0.4, -0.2) is 21.1 Å². The summed E-state index contributed by atoms with van der Waals surface area (Å²) in [6.45, 7) is 3.92. The smallest absolute Gasteiger partial charge is 0.173 e. The third-order valence-electron chi connectivity index (χ3n) is 2.67. The average molecular weight is 337 g/mol. The molecule has 0 amide bonds. The second-order valence-corrected chi connectivity index (χ2v) is 5.79. The Balaban J connectivity index is 2.33. The van der Waals surface area contributed by atoms with Crippen LogP contribution in [0.2, 0.25) is 0 Å². The summed E-state index contributed by atoms with van der Waals surface area (Å²) in [4.78, 5) is 21.2. The lowest BCUT2D eigenvalue weighted by molar-refractivity contribution is 0.102. The summed E-state index contributed by atoms with van der Waals surface area (Å²) in [5, 5.41) is 1.20. The van der Waals surface area contributed by atoms with Gasteiger partial charge in [0.2, 0.25) is 0 Å². The fraction of sp³-hybridized carbons (Fsp3) is 0.214. The van der Waals surface area contributed by atoms with E-state index >= 15 is 0 Å². The number of alkyl halides is 1. The van der Waals surface area contributed by atoms with E-state index in [2.05, 4.69) is 25.9 Å². The zero-order valence-corrected chi connectivity index (χ0v) is 13.1. The molecule has 1 aromatic carbocycles. The van der Waals surface area contributed by atoms with Gasteiger partial charge in [-0.1, -0.05) is 27.7 Å². The monoisotopic (exact) mass is 336 g/mol. The summed E-state index contributed by atoms with van der Waals surface area (Å²) >= 11 is 4.77. The molecule has 0 spiro atoms. The van der Waals surface area contributed by atoms with E-state index in [4.69, 9.17) is 0 Å². The maximum Gasteiger partial charge on any atom is 0.173 e. The molecule has 0 fully saturated rings. The van der Waals surface area contributed by atoms with Gasteiger partial charge >= 0.3 is 0 Å². The van der Waals surface area contributed by atoms with Crippen molar-refractivity contribution in [2.45, 2.75) is 23.8 Å². The lowest BCUT2D eigenvalue weighted by atomic mass is 10.00. The van der Waals surface area contributed by atoms with E-state index in [1.165, 1.54) is 0 Å². The average Bonchev–Trinajstić information content (AvgIpc) is 2.38. The zero-order chi connectivity index (χ0) is 13.8. The third kappa shape index (κ3) is 3.42. The molecule has 2 rings (SSSR count). The first-order valence-corrected chi connectivity index (χ1v) is 7.70. The lowest BCUT2D eigenvalue weighted by Gasteiger charge is -2.10. The molecule has 3 nitrogen and oxygen atoms in total. The Kier molecular flexibility index (Phi) is 4.71. The summed E-state index contributed by atoms with van der Waals surface area (Å²) in [6, 6.07) is 4.03. The van der Waals surface area contributed by atoms with Gasteiger partial charge in [-0.05, 0) is 37.1 Å². The van der Waals surface area contributed by atoms with Crippen LogP contribution in [0.3, 0.4) is 0 Å². The molecule has 0 aliphatic carbocycles. The van der Waals surface area contributed by atoms with Crippen LogP contribution in [0, 0.1) is 13.8 Å². The van der Waals surface area contributed by atoms with Crippen LogP contribution in [-0.2, 0) is 0 Å². The lowest BCUT2D eigenvalue weighted by Crippen LogP contribution is -2.05. The van der Waals surface area contributed by atoms with E-state index in [1.807, 2.05) is 26.0 Å². The minimum atomic E-state index is 0.117. The predicted molar refractivity (Wildman–Crippen MR) is 80.2 cm³/mol. The van der Waals surface area contributed by atoms with Crippen molar-refractivity contribution in [1.29, 1.82) is 0 Å². The van der Waals surface area contributed by atoms with Crippen LogP contribution in [0.25, 0.3) is 0 Å². The van der Waals surface area contributed by atoms with Gasteiger partial charge < -0.3 is 0 Å². The first-order valence-electron chi connectivity index (χ1n) is 5.76. The molecule has 0 saturated heterocycles. The molecule has 0 bridgehead atoms. The Hall–Kier alpha value is -1.20. The van der Waals surface area contributed by atoms with Crippen LogP contribution in [0.1, 0.15) is 21.5 Å². The fourth-order valence-corrected chi connectivity index (χ4v) is 3.17. The number of Topliss-reactive ketones (excluding diaryl/α,β-unsaturated/α-hetero) is 1. The number of halogens is 1. The van der Waals surface area contributed by atoms with Crippen LogP contribution in [0.5, 0.6) is 0 Å². The summed E-state index contributed by atoms with van der Waals surface area (Å²) in [5.41, 5.74) is 2.80. The summed E-state index contributed by atoms with van der Waals surface area (Å²) in [7, 11) is 0. The topological polar surface area (TPSA) is 42.9 Å². The third-order valence-corrected chi connectivity index (χ3v) is 4.07. The standard InChI is InChI=1S/C14H13BrN2OS/c1-9-5-11(19-13-8-16-3-4-17-13)6-10(2)14(9)12(18)7-15/h3-6,8H,7H2,1-2H3. The molecule has 0 aliphatic heterocycles. The molecule has 0 aliphatic rings. The van der Waals surface area contributed by atoms with Gasteiger partial charge in [-0.2, -0.15) is 0 Å². The van der Waals surface area contributed by atoms with Gasteiger partial charge in [0, 0.05) is 22.9 Å². The molecule has 5 heteroatoms. The van der Waals surface area contributed by atoms with Crippen molar-refractivity contribution in [2.75, 3.05) is 5.33 Å². The summed E-state index contributed by atoms with van der Waals surface area (Å²) in [6.07, 6.45) is 5.05. The van der Waals surface area contributed by atoms with E-state index in [0.29, 0.717) is 5.33 Å². The number of benzene rings is 1. The number of carbonyl (C=O) groups is 1. The minimum Gasteiger partial charge on any atom is -0.293 e. The molecular weight excluding hydrogens is 324 g/mol. The molecule has 0 N–H and O–H groups in total. The van der Waals surface area contributed by atoms with Gasteiger partial charge in [-0.25, -0.2) is 4.98 Å². The summed E-state index contributed by atoms with van der Waals surface area (Å²) in [5.74, 6) is 0.117. The first kappa shape index (κ1) is 14.2. The molecule has 1 heterocycles. The fourth-order valence-electron chi connectivity index (χ4n) is 1.95. The Morgan fingerprint density at radius 2 is 1.95 bits per heavy atom. The molecule has 0 unspecified atom stereocenters. The normalized spacial score (nSPS) is 10.5. The molecule has 19 heavy (non-hydrogen) atoms. The first-order chi connectivity index (χ1) is 9.11. The van der Waals surface area contributed by atoms with Crippen LogP contribution in [0.4, 0.5) is 0 Å². The van der Waals surface area contributed by atoms with Gasteiger partial charge in [0.15, 0.2) is 5.78 Å². The molecule has 0 radical (unpaired) electrons. The second-order valence-electron chi connectivity index (χ2n) is 4.13. The second kappa shape index (κ2) is 6.30. The van der Waals surface area contributed by atoms with E-state index < -0.39 is 0 Å². The van der Waals surface area contributed by atoms with E-state index in [1.54, 1.807) is 30.4 Å². The van der Waals surface area contributed by atoms with Crippen molar-refractivity contribution >= 4 is 33.5 Å². The number of hydrogen-bond acceptors (Lipinski definition) is 4. The quantitative estimate of drug-likeness (QED) is 0.628. The van der Waals surface area contributed by atoms with Gasteiger partial charge in [-0.15, -0.1) is 0 Å². The maximum atomic E-state index is 11.8. The number of rotatable bonds is 4. The van der Waals surface area contributed by atoms with Crippen molar-refractivity contribution in [2.24, 2.45) is 0 Å². The Bertz CT molecular complexity index is 579. The number of aromatic nitrogens is 2. The van der Waals surface area contributed by atoms with Gasteiger partial charge in [0.1, 0.15) is 5.03 Å². The molecule has 1 aromatic heterocycles. The highest BCUT2D eigenvalue weighted by Gasteiger charge is 2.12. The molecule has 2 aromatic rings. The Morgan fingerprint density at radius 3 is 2.47 bits per heavy atom. The number of nitrogens with zero attached hydrogens (tertiary/aromatic N) is 2. The van der Waals surface area contributed by atoms with Gasteiger partial charge in [0.05, 0.1) is 11.5 Å². The molecule has 0 atom stereocenters.